The Morgan fingerprint density at radius 1 is 1.25 bits per heavy atom. The first-order valence-corrected chi connectivity index (χ1v) is 5.65. The lowest BCUT2D eigenvalue weighted by Gasteiger charge is -2.19. The van der Waals surface area contributed by atoms with E-state index in [1.165, 1.54) is 6.07 Å². The Balaban J connectivity index is 2.01. The normalized spacial score (nSPS) is 18.3. The first-order valence-electron chi connectivity index (χ1n) is 5.65. The van der Waals surface area contributed by atoms with Crippen LogP contribution in [0.15, 0.2) is 18.2 Å². The number of halogens is 1. The molecule has 3 nitrogen and oxygen atoms in total. The molecular formula is C12H17FN2O. The molecule has 1 saturated heterocycles. The maximum Gasteiger partial charge on any atom is 0.127 e. The first-order chi connectivity index (χ1) is 7.74. The molecule has 88 valence electrons. The number of rotatable bonds is 2. The highest BCUT2D eigenvalue weighted by Gasteiger charge is 2.10. The Morgan fingerprint density at radius 2 is 2.12 bits per heavy atom. The van der Waals surface area contributed by atoms with E-state index in [9.17, 15) is 9.50 Å². The number of phenolic OH excluding ortho intramolecular Hbond substituents is 1. The van der Waals surface area contributed by atoms with Crippen molar-refractivity contribution in [3.05, 3.63) is 29.6 Å². The average molecular weight is 224 g/mol. The molecule has 4 heteroatoms. The number of benzene rings is 1. The van der Waals surface area contributed by atoms with Gasteiger partial charge in [-0.3, -0.25) is 4.90 Å². The van der Waals surface area contributed by atoms with Crippen LogP contribution in [0, 0.1) is 5.82 Å². The molecule has 1 aliphatic rings. The second-order valence-electron chi connectivity index (χ2n) is 4.20. The topological polar surface area (TPSA) is 35.5 Å². The Kier molecular flexibility index (Phi) is 3.74. The summed E-state index contributed by atoms with van der Waals surface area (Å²) in [5, 5.41) is 12.6. The lowest BCUT2D eigenvalue weighted by Crippen LogP contribution is -2.27. The van der Waals surface area contributed by atoms with Gasteiger partial charge in [0.05, 0.1) is 0 Å². The minimum absolute atomic E-state index is 0.00273. The van der Waals surface area contributed by atoms with Gasteiger partial charge in [-0.15, -0.1) is 0 Å². The molecule has 0 amide bonds. The van der Waals surface area contributed by atoms with Crippen LogP contribution in [0.25, 0.3) is 0 Å². The van der Waals surface area contributed by atoms with Crippen LogP contribution in [-0.4, -0.2) is 36.2 Å². The molecule has 0 aliphatic carbocycles. The van der Waals surface area contributed by atoms with E-state index in [1.54, 1.807) is 6.07 Å². The molecule has 0 bridgehead atoms. The second kappa shape index (κ2) is 5.27. The zero-order valence-corrected chi connectivity index (χ0v) is 9.25. The summed E-state index contributed by atoms with van der Waals surface area (Å²) >= 11 is 0. The summed E-state index contributed by atoms with van der Waals surface area (Å²) in [4.78, 5) is 2.27. The number of nitrogens with zero attached hydrogens (tertiary/aromatic N) is 1. The van der Waals surface area contributed by atoms with E-state index < -0.39 is 0 Å². The number of hydrogen-bond acceptors (Lipinski definition) is 3. The lowest BCUT2D eigenvalue weighted by molar-refractivity contribution is 0.283. The third-order valence-corrected chi connectivity index (χ3v) is 2.78. The Bertz CT molecular complexity index is 329. The van der Waals surface area contributed by atoms with Gasteiger partial charge >= 0.3 is 0 Å². The molecule has 0 saturated carbocycles. The predicted molar refractivity (Wildman–Crippen MR) is 60.8 cm³/mol. The van der Waals surface area contributed by atoms with Crippen molar-refractivity contribution in [1.29, 1.82) is 0 Å². The highest BCUT2D eigenvalue weighted by atomic mass is 19.1. The highest BCUT2D eigenvalue weighted by molar-refractivity contribution is 5.28. The molecule has 16 heavy (non-hydrogen) atoms. The van der Waals surface area contributed by atoms with Crippen molar-refractivity contribution in [3.63, 3.8) is 0 Å². The Morgan fingerprint density at radius 3 is 2.94 bits per heavy atom. The number of phenols is 1. The standard InChI is InChI=1S/C12H17FN2O/c13-11-6-10(7-12(16)8-11)9-15-4-1-2-14-3-5-15/h6-8,14,16H,1-5,9H2. The van der Waals surface area contributed by atoms with E-state index in [0.29, 0.717) is 6.54 Å². The summed E-state index contributed by atoms with van der Waals surface area (Å²) in [6.07, 6.45) is 1.11. The molecule has 0 aromatic heterocycles. The first kappa shape index (κ1) is 11.4. The average Bonchev–Trinajstić information content (AvgIpc) is 2.44. The number of nitrogens with one attached hydrogen (secondary N) is 1. The fraction of sp³-hybridized carbons (Fsp3) is 0.500. The molecule has 1 fully saturated rings. The van der Waals surface area contributed by atoms with E-state index in [-0.39, 0.29) is 11.6 Å². The SMILES string of the molecule is Oc1cc(F)cc(CN2CCCNCC2)c1. The van der Waals surface area contributed by atoms with Gasteiger partial charge in [-0.2, -0.15) is 0 Å². The molecule has 0 atom stereocenters. The third kappa shape index (κ3) is 3.18. The van der Waals surface area contributed by atoms with Gasteiger partial charge in [0.25, 0.3) is 0 Å². The zero-order valence-electron chi connectivity index (χ0n) is 9.25. The molecule has 0 radical (unpaired) electrons. The predicted octanol–water partition coefficient (Wildman–Crippen LogP) is 1.33. The fourth-order valence-corrected chi connectivity index (χ4v) is 2.04. The summed E-state index contributed by atoms with van der Waals surface area (Å²) in [6, 6.07) is 4.24. The molecule has 2 rings (SSSR count). The van der Waals surface area contributed by atoms with Crippen LogP contribution in [0.3, 0.4) is 0 Å². The van der Waals surface area contributed by atoms with Crippen molar-refractivity contribution in [2.24, 2.45) is 0 Å². The second-order valence-corrected chi connectivity index (χ2v) is 4.20. The van der Waals surface area contributed by atoms with Crippen molar-refractivity contribution in [2.45, 2.75) is 13.0 Å². The molecule has 0 unspecified atom stereocenters. The lowest BCUT2D eigenvalue weighted by atomic mass is 10.2. The van der Waals surface area contributed by atoms with Crippen molar-refractivity contribution >= 4 is 0 Å². The van der Waals surface area contributed by atoms with Crippen molar-refractivity contribution in [1.82, 2.24) is 10.2 Å². The van der Waals surface area contributed by atoms with Crippen LogP contribution in [-0.2, 0) is 6.54 Å². The van der Waals surface area contributed by atoms with Crippen molar-refractivity contribution < 1.29 is 9.50 Å². The maximum atomic E-state index is 13.1. The van der Waals surface area contributed by atoms with Gasteiger partial charge in [-0.1, -0.05) is 0 Å². The molecule has 0 spiro atoms. The van der Waals surface area contributed by atoms with Gasteiger partial charge in [-0.05, 0) is 37.2 Å². The van der Waals surface area contributed by atoms with E-state index in [2.05, 4.69) is 10.2 Å². The summed E-state index contributed by atoms with van der Waals surface area (Å²) in [7, 11) is 0. The van der Waals surface area contributed by atoms with E-state index in [4.69, 9.17) is 0 Å². The molecule has 2 N–H and O–H groups in total. The van der Waals surface area contributed by atoms with Crippen LogP contribution < -0.4 is 5.32 Å². The van der Waals surface area contributed by atoms with Gasteiger partial charge in [0.1, 0.15) is 11.6 Å². The molecule has 1 aromatic carbocycles. The van der Waals surface area contributed by atoms with Gasteiger partial charge in [0.2, 0.25) is 0 Å². The number of aromatic hydroxyl groups is 1. The molecule has 1 heterocycles. The largest absolute Gasteiger partial charge is 0.508 e. The van der Waals surface area contributed by atoms with Crippen molar-refractivity contribution in [3.8, 4) is 5.75 Å². The minimum atomic E-state index is -0.372. The monoisotopic (exact) mass is 224 g/mol. The van der Waals surface area contributed by atoms with E-state index in [1.807, 2.05) is 0 Å². The fourth-order valence-electron chi connectivity index (χ4n) is 2.04. The van der Waals surface area contributed by atoms with Gasteiger partial charge < -0.3 is 10.4 Å². The zero-order chi connectivity index (χ0) is 11.4. The summed E-state index contributed by atoms with van der Waals surface area (Å²) in [6.45, 7) is 4.71. The quantitative estimate of drug-likeness (QED) is 0.795. The van der Waals surface area contributed by atoms with Crippen LogP contribution in [0.4, 0.5) is 4.39 Å². The number of hydrogen-bond donors (Lipinski definition) is 2. The van der Waals surface area contributed by atoms with Crippen LogP contribution in [0.2, 0.25) is 0 Å². The van der Waals surface area contributed by atoms with E-state index in [0.717, 1.165) is 44.2 Å². The Hall–Kier alpha value is -1.13. The minimum Gasteiger partial charge on any atom is -0.508 e. The highest BCUT2D eigenvalue weighted by Crippen LogP contribution is 2.16. The molecule has 1 aromatic rings. The molecule has 1 aliphatic heterocycles. The van der Waals surface area contributed by atoms with Crippen LogP contribution in [0.1, 0.15) is 12.0 Å². The van der Waals surface area contributed by atoms with Gasteiger partial charge in [0, 0.05) is 25.7 Å². The van der Waals surface area contributed by atoms with Gasteiger partial charge in [-0.25, -0.2) is 4.39 Å². The Labute approximate surface area is 94.9 Å². The van der Waals surface area contributed by atoms with E-state index >= 15 is 0 Å². The van der Waals surface area contributed by atoms with Crippen LogP contribution in [0.5, 0.6) is 5.75 Å². The smallest absolute Gasteiger partial charge is 0.127 e. The maximum absolute atomic E-state index is 13.1. The van der Waals surface area contributed by atoms with Crippen LogP contribution >= 0.6 is 0 Å². The summed E-state index contributed by atoms with van der Waals surface area (Å²) in [5.74, 6) is -0.370. The summed E-state index contributed by atoms with van der Waals surface area (Å²) in [5.41, 5.74) is 0.833. The van der Waals surface area contributed by atoms with Crippen molar-refractivity contribution in [2.75, 3.05) is 26.2 Å². The van der Waals surface area contributed by atoms with Gasteiger partial charge in [0.15, 0.2) is 0 Å². The third-order valence-electron chi connectivity index (χ3n) is 2.78. The summed E-state index contributed by atoms with van der Waals surface area (Å²) < 4.78 is 13.1. The molecular weight excluding hydrogens is 207 g/mol.